The van der Waals surface area contributed by atoms with Gasteiger partial charge in [0.1, 0.15) is 5.75 Å². The summed E-state index contributed by atoms with van der Waals surface area (Å²) < 4.78 is 10.5. The highest BCUT2D eigenvalue weighted by atomic mass is 32.2. The third-order valence-electron chi connectivity index (χ3n) is 3.30. The van der Waals surface area contributed by atoms with E-state index in [0.29, 0.717) is 17.3 Å². The Kier molecular flexibility index (Phi) is 4.77. The van der Waals surface area contributed by atoms with Gasteiger partial charge in [0.15, 0.2) is 0 Å². The molecule has 1 unspecified atom stereocenters. The van der Waals surface area contributed by atoms with Gasteiger partial charge >= 0.3 is 0 Å². The average Bonchev–Trinajstić information content (AvgIpc) is 3.12. The molecule has 0 N–H and O–H groups in total. The van der Waals surface area contributed by atoms with Crippen molar-refractivity contribution in [1.29, 1.82) is 5.26 Å². The maximum Gasteiger partial charge on any atom is 0.240 e. The van der Waals surface area contributed by atoms with E-state index in [-0.39, 0.29) is 5.25 Å². The first-order valence-corrected chi connectivity index (χ1v) is 8.08. The van der Waals surface area contributed by atoms with Gasteiger partial charge in [-0.1, -0.05) is 16.9 Å². The number of pyridine rings is 1. The van der Waals surface area contributed by atoms with Crippen molar-refractivity contribution in [2.75, 3.05) is 7.11 Å². The molecule has 0 amide bonds. The highest BCUT2D eigenvalue weighted by molar-refractivity contribution is 7.99. The molecule has 0 aliphatic heterocycles. The van der Waals surface area contributed by atoms with Crippen molar-refractivity contribution in [3.05, 3.63) is 54.0 Å². The fourth-order valence-electron chi connectivity index (χ4n) is 2.03. The molecule has 3 aromatic rings. The smallest absolute Gasteiger partial charge is 0.240 e. The second kappa shape index (κ2) is 7.15. The Morgan fingerprint density at radius 2 is 2.04 bits per heavy atom. The Morgan fingerprint density at radius 1 is 1.25 bits per heavy atom. The molecule has 0 saturated heterocycles. The van der Waals surface area contributed by atoms with E-state index in [4.69, 9.17) is 14.5 Å². The Hall–Kier alpha value is -2.85. The van der Waals surface area contributed by atoms with Crippen LogP contribution in [-0.2, 0) is 0 Å². The Balaban J connectivity index is 1.75. The summed E-state index contributed by atoms with van der Waals surface area (Å²) in [5.74, 6) is 1.81. The molecule has 0 aliphatic rings. The van der Waals surface area contributed by atoms with Crippen molar-refractivity contribution >= 4 is 11.8 Å². The van der Waals surface area contributed by atoms with Crippen molar-refractivity contribution in [2.24, 2.45) is 0 Å². The molecule has 3 rings (SSSR count). The number of nitriles is 1. The minimum absolute atomic E-state index is 0.0778. The number of benzene rings is 1. The zero-order valence-corrected chi connectivity index (χ0v) is 13.9. The minimum Gasteiger partial charge on any atom is -0.497 e. The van der Waals surface area contributed by atoms with Crippen molar-refractivity contribution in [3.8, 4) is 23.2 Å². The molecular formula is C17H14N4O2S. The molecule has 0 bridgehead atoms. The van der Waals surface area contributed by atoms with Crippen LogP contribution >= 0.6 is 11.8 Å². The second-order valence-corrected chi connectivity index (χ2v) is 6.30. The lowest BCUT2D eigenvalue weighted by Crippen LogP contribution is -1.91. The van der Waals surface area contributed by atoms with Crippen LogP contribution in [0, 0.1) is 11.3 Å². The average molecular weight is 338 g/mol. The summed E-state index contributed by atoms with van der Waals surface area (Å²) in [6.07, 6.45) is 1.62. The first-order valence-electron chi connectivity index (χ1n) is 7.20. The highest BCUT2D eigenvalue weighted by Gasteiger charge is 2.17. The third kappa shape index (κ3) is 3.55. The second-order valence-electron chi connectivity index (χ2n) is 4.94. The van der Waals surface area contributed by atoms with Gasteiger partial charge in [-0.2, -0.15) is 10.2 Å². The summed E-state index contributed by atoms with van der Waals surface area (Å²) in [6, 6.07) is 13.0. The molecule has 0 saturated carbocycles. The fraction of sp³-hybridized carbons (Fsp3) is 0.176. The highest BCUT2D eigenvalue weighted by Crippen LogP contribution is 2.33. The first-order chi connectivity index (χ1) is 11.7. The largest absolute Gasteiger partial charge is 0.497 e. The van der Waals surface area contributed by atoms with Crippen molar-refractivity contribution in [3.63, 3.8) is 0 Å². The van der Waals surface area contributed by atoms with Gasteiger partial charge in [-0.15, -0.1) is 0 Å². The molecule has 2 heterocycles. The van der Waals surface area contributed by atoms with Crippen LogP contribution in [0.5, 0.6) is 5.75 Å². The summed E-state index contributed by atoms with van der Waals surface area (Å²) >= 11 is 1.46. The zero-order valence-electron chi connectivity index (χ0n) is 13.1. The van der Waals surface area contributed by atoms with Gasteiger partial charge in [0.05, 0.1) is 29.0 Å². The van der Waals surface area contributed by atoms with E-state index >= 15 is 0 Å². The molecule has 7 heteroatoms. The summed E-state index contributed by atoms with van der Waals surface area (Å²) in [5, 5.41) is 13.6. The fourth-order valence-corrected chi connectivity index (χ4v) is 2.91. The Labute approximate surface area is 143 Å². The quantitative estimate of drug-likeness (QED) is 0.653. The number of rotatable bonds is 5. The monoisotopic (exact) mass is 338 g/mol. The Bertz CT molecular complexity index is 871. The summed E-state index contributed by atoms with van der Waals surface area (Å²) in [6.45, 7) is 1.96. The van der Waals surface area contributed by atoms with Crippen molar-refractivity contribution < 1.29 is 9.26 Å². The van der Waals surface area contributed by atoms with E-state index in [2.05, 4.69) is 21.2 Å². The third-order valence-corrected chi connectivity index (χ3v) is 4.32. The molecule has 120 valence electrons. The lowest BCUT2D eigenvalue weighted by atomic mass is 10.2. The zero-order chi connectivity index (χ0) is 16.9. The Morgan fingerprint density at radius 3 is 2.75 bits per heavy atom. The maximum absolute atomic E-state index is 8.94. The van der Waals surface area contributed by atoms with E-state index in [0.717, 1.165) is 16.3 Å². The topological polar surface area (TPSA) is 84.8 Å². The van der Waals surface area contributed by atoms with Crippen LogP contribution in [0.15, 0.2) is 52.1 Å². The molecule has 0 radical (unpaired) electrons. The van der Waals surface area contributed by atoms with Gasteiger partial charge < -0.3 is 9.26 Å². The summed E-state index contributed by atoms with van der Waals surface area (Å²) in [5.41, 5.74) is 1.43. The number of hydrogen-bond acceptors (Lipinski definition) is 7. The molecule has 1 atom stereocenters. The van der Waals surface area contributed by atoms with Crippen molar-refractivity contribution in [2.45, 2.75) is 17.2 Å². The lowest BCUT2D eigenvalue weighted by Gasteiger charge is -2.05. The first kappa shape index (κ1) is 16.0. The van der Waals surface area contributed by atoms with E-state index in [1.54, 1.807) is 25.4 Å². The van der Waals surface area contributed by atoms with Gasteiger partial charge in [-0.3, -0.25) is 0 Å². The predicted octanol–water partition coefficient (Wildman–Crippen LogP) is 3.87. The van der Waals surface area contributed by atoms with Gasteiger partial charge in [-0.05, 0) is 43.3 Å². The van der Waals surface area contributed by atoms with E-state index in [9.17, 15) is 0 Å². The predicted molar refractivity (Wildman–Crippen MR) is 89.5 cm³/mol. The molecule has 6 nitrogen and oxygen atoms in total. The van der Waals surface area contributed by atoms with Crippen LogP contribution in [-0.4, -0.2) is 22.2 Å². The van der Waals surface area contributed by atoms with Crippen LogP contribution in [0.2, 0.25) is 0 Å². The number of ether oxygens (including phenoxy) is 1. The molecule has 0 aliphatic carbocycles. The van der Waals surface area contributed by atoms with Crippen molar-refractivity contribution in [1.82, 2.24) is 15.1 Å². The van der Waals surface area contributed by atoms with Gasteiger partial charge in [0.2, 0.25) is 11.7 Å². The summed E-state index contributed by atoms with van der Waals surface area (Å²) in [4.78, 5) is 8.69. The van der Waals surface area contributed by atoms with E-state index < -0.39 is 0 Å². The van der Waals surface area contributed by atoms with Crippen LogP contribution in [0.1, 0.15) is 23.6 Å². The number of aromatic nitrogens is 3. The van der Waals surface area contributed by atoms with Gasteiger partial charge in [0, 0.05) is 11.8 Å². The van der Waals surface area contributed by atoms with Gasteiger partial charge in [-0.25, -0.2) is 4.98 Å². The number of methoxy groups -OCH3 is 1. The molecule has 0 fully saturated rings. The van der Waals surface area contributed by atoms with Crippen LogP contribution in [0.25, 0.3) is 11.4 Å². The van der Waals surface area contributed by atoms with Crippen LogP contribution in [0.3, 0.4) is 0 Å². The molecule has 2 aromatic heterocycles. The molecule has 24 heavy (non-hydrogen) atoms. The normalized spacial score (nSPS) is 11.7. The van der Waals surface area contributed by atoms with Gasteiger partial charge in [0.25, 0.3) is 0 Å². The van der Waals surface area contributed by atoms with E-state index in [1.807, 2.05) is 31.2 Å². The number of thioether (sulfide) groups is 1. The summed E-state index contributed by atoms with van der Waals surface area (Å²) in [7, 11) is 1.62. The van der Waals surface area contributed by atoms with E-state index in [1.165, 1.54) is 11.8 Å². The van der Waals surface area contributed by atoms with Crippen LogP contribution < -0.4 is 4.74 Å². The maximum atomic E-state index is 8.94. The molecule has 0 spiro atoms. The molecule has 1 aromatic carbocycles. The van der Waals surface area contributed by atoms with Crippen LogP contribution in [0.4, 0.5) is 0 Å². The molecular weight excluding hydrogens is 324 g/mol. The number of hydrogen-bond donors (Lipinski definition) is 0. The minimum atomic E-state index is -0.0778. The lowest BCUT2D eigenvalue weighted by molar-refractivity contribution is 0.380. The number of nitrogens with zero attached hydrogens (tertiary/aromatic N) is 4. The SMILES string of the molecule is COc1ccc(-c2noc(C(C)Sc3cc(C#N)ccn3)n2)cc1. The standard InChI is InChI=1S/C17H14N4O2S/c1-11(24-15-9-12(10-18)7-8-19-15)17-20-16(21-23-17)13-3-5-14(22-2)6-4-13/h3-9,11H,1-2H3.